The van der Waals surface area contributed by atoms with Gasteiger partial charge in [-0.15, -0.1) is 0 Å². The van der Waals surface area contributed by atoms with E-state index >= 15 is 0 Å². The van der Waals surface area contributed by atoms with Gasteiger partial charge in [0.1, 0.15) is 12.2 Å². The highest BCUT2D eigenvalue weighted by Crippen LogP contribution is 2.34. The van der Waals surface area contributed by atoms with E-state index in [1.807, 2.05) is 11.8 Å². The van der Waals surface area contributed by atoms with Crippen LogP contribution in [0.1, 0.15) is 18.9 Å². The molecule has 24 heavy (non-hydrogen) atoms. The number of ether oxygens (including phenoxy) is 1. The molecule has 1 aliphatic heterocycles. The van der Waals surface area contributed by atoms with Crippen LogP contribution in [-0.4, -0.2) is 59.8 Å². The smallest absolute Gasteiger partial charge is 0.421 e. The highest BCUT2D eigenvalue weighted by molar-refractivity contribution is 5.80. The van der Waals surface area contributed by atoms with Gasteiger partial charge in [0.2, 0.25) is 5.88 Å². The van der Waals surface area contributed by atoms with Gasteiger partial charge in [-0.05, 0) is 25.5 Å². The van der Waals surface area contributed by atoms with Crippen LogP contribution in [0.2, 0.25) is 0 Å². The number of pyridine rings is 1. The van der Waals surface area contributed by atoms with Crippen molar-refractivity contribution >= 4 is 5.96 Å². The predicted octanol–water partition coefficient (Wildman–Crippen LogP) is 1.51. The second kappa shape index (κ2) is 8.18. The number of aliphatic imine (C=N–C) groups is 1. The number of aliphatic hydroxyl groups excluding tert-OH is 1. The number of nitrogens with zero attached hydrogens (tertiary/aromatic N) is 3. The van der Waals surface area contributed by atoms with Gasteiger partial charge in [-0.3, -0.25) is 0 Å². The number of alkyl halides is 3. The Bertz CT molecular complexity index is 566. The van der Waals surface area contributed by atoms with Crippen molar-refractivity contribution < 1.29 is 23.0 Å². The molecule has 1 fully saturated rings. The van der Waals surface area contributed by atoms with Crippen molar-refractivity contribution in [3.63, 3.8) is 0 Å². The molecule has 2 heterocycles. The molecule has 2 rings (SSSR count). The normalized spacial score (nSPS) is 18.8. The summed E-state index contributed by atoms with van der Waals surface area (Å²) in [6.45, 7) is 3.92. The van der Waals surface area contributed by atoms with Gasteiger partial charge in [-0.1, -0.05) is 0 Å². The molecule has 1 aromatic heterocycles. The van der Waals surface area contributed by atoms with E-state index in [0.29, 0.717) is 32.0 Å². The van der Waals surface area contributed by atoms with E-state index in [4.69, 9.17) is 4.74 Å². The largest absolute Gasteiger partial charge is 0.475 e. The summed E-state index contributed by atoms with van der Waals surface area (Å²) in [6.07, 6.45) is -2.96. The van der Waals surface area contributed by atoms with Crippen molar-refractivity contribution in [2.45, 2.75) is 25.6 Å². The summed E-state index contributed by atoms with van der Waals surface area (Å²) < 4.78 is 43.7. The average Bonchev–Trinajstić information content (AvgIpc) is 2.96. The van der Waals surface area contributed by atoms with Crippen molar-refractivity contribution in [3.05, 3.63) is 23.9 Å². The first-order valence-electron chi connectivity index (χ1n) is 7.78. The molecule has 1 aliphatic rings. The minimum atomic E-state index is -4.51. The van der Waals surface area contributed by atoms with Gasteiger partial charge in [0.05, 0.1) is 12.6 Å². The summed E-state index contributed by atoms with van der Waals surface area (Å²) in [5, 5.41) is 12.7. The van der Waals surface area contributed by atoms with E-state index in [1.54, 1.807) is 0 Å². The molecule has 6 nitrogen and oxygen atoms in total. The number of hydrogen-bond acceptors (Lipinski definition) is 4. The molecule has 1 atom stereocenters. The van der Waals surface area contributed by atoms with Gasteiger partial charge >= 0.3 is 6.18 Å². The summed E-state index contributed by atoms with van der Waals surface area (Å²) in [6, 6.07) is 2.15. The molecule has 0 aliphatic carbocycles. The summed E-state index contributed by atoms with van der Waals surface area (Å²) >= 11 is 0. The Labute approximate surface area is 138 Å². The van der Waals surface area contributed by atoms with Crippen molar-refractivity contribution in [1.82, 2.24) is 15.2 Å². The highest BCUT2D eigenvalue weighted by atomic mass is 19.4. The van der Waals surface area contributed by atoms with Crippen molar-refractivity contribution in [3.8, 4) is 5.88 Å². The van der Waals surface area contributed by atoms with Crippen LogP contribution in [-0.2, 0) is 6.18 Å². The van der Waals surface area contributed by atoms with Gasteiger partial charge in [0.15, 0.2) is 5.96 Å². The van der Waals surface area contributed by atoms with Crippen LogP contribution in [0.25, 0.3) is 0 Å². The zero-order valence-electron chi connectivity index (χ0n) is 13.4. The fourth-order valence-corrected chi connectivity index (χ4v) is 2.38. The summed E-state index contributed by atoms with van der Waals surface area (Å²) in [4.78, 5) is 9.87. The van der Waals surface area contributed by atoms with E-state index in [2.05, 4.69) is 15.3 Å². The molecule has 0 spiro atoms. The maximum atomic E-state index is 12.8. The predicted molar refractivity (Wildman–Crippen MR) is 82.9 cm³/mol. The minimum Gasteiger partial charge on any atom is -0.475 e. The molecule has 134 valence electrons. The Balaban J connectivity index is 1.93. The summed E-state index contributed by atoms with van der Waals surface area (Å²) in [5.74, 6) is 0.177. The first-order chi connectivity index (χ1) is 11.4. The molecule has 1 saturated heterocycles. The maximum absolute atomic E-state index is 12.8. The van der Waals surface area contributed by atoms with E-state index in [1.165, 1.54) is 12.3 Å². The van der Waals surface area contributed by atoms with E-state index in [9.17, 15) is 18.3 Å². The number of likely N-dealkylation sites (tertiary alicyclic amines) is 1. The molecule has 0 aromatic carbocycles. The molecular formula is C15H21F3N4O2. The SMILES string of the molecule is CCNC(=NCCOc1ncccc1C(F)(F)F)N1CC[C@@H](O)C1. The molecule has 0 amide bonds. The number of aromatic nitrogens is 1. The monoisotopic (exact) mass is 346 g/mol. The highest BCUT2D eigenvalue weighted by Gasteiger charge is 2.35. The van der Waals surface area contributed by atoms with Crippen LogP contribution >= 0.6 is 0 Å². The Morgan fingerprint density at radius 2 is 2.33 bits per heavy atom. The minimum absolute atomic E-state index is 0.0224. The lowest BCUT2D eigenvalue weighted by Crippen LogP contribution is -2.40. The number of aliphatic hydroxyl groups is 1. The lowest BCUT2D eigenvalue weighted by atomic mass is 10.2. The summed E-state index contributed by atoms with van der Waals surface area (Å²) in [5.41, 5.74) is -0.899. The molecule has 0 unspecified atom stereocenters. The van der Waals surface area contributed by atoms with Crippen molar-refractivity contribution in [1.29, 1.82) is 0 Å². The Kier molecular flexibility index (Phi) is 6.24. The quantitative estimate of drug-likeness (QED) is 0.481. The number of halogens is 3. The van der Waals surface area contributed by atoms with Crippen molar-refractivity contribution in [2.75, 3.05) is 32.8 Å². The molecule has 0 bridgehead atoms. The standard InChI is InChI=1S/C15H21F3N4O2/c1-2-19-14(22-8-5-11(23)10-22)21-7-9-24-13-12(15(16,17)18)4-3-6-20-13/h3-4,6,11,23H,2,5,7-10H2,1H3,(H,19,21)/t11-/m1/s1. The van der Waals surface area contributed by atoms with Crippen LogP contribution in [0, 0.1) is 0 Å². The Morgan fingerprint density at radius 1 is 1.54 bits per heavy atom. The molecule has 2 N–H and O–H groups in total. The van der Waals surface area contributed by atoms with E-state index < -0.39 is 17.6 Å². The molecule has 0 saturated carbocycles. The number of β-amino-alcohol motifs (C(OH)–C–C–N with tert-alkyl or cyclic N) is 1. The van der Waals surface area contributed by atoms with Crippen LogP contribution < -0.4 is 10.1 Å². The number of guanidine groups is 1. The zero-order chi connectivity index (χ0) is 17.6. The molecule has 9 heteroatoms. The molecular weight excluding hydrogens is 325 g/mol. The maximum Gasteiger partial charge on any atom is 0.421 e. The number of rotatable bonds is 5. The first-order valence-corrected chi connectivity index (χ1v) is 7.78. The van der Waals surface area contributed by atoms with Gasteiger partial charge in [-0.2, -0.15) is 13.2 Å². The third kappa shape index (κ3) is 4.98. The zero-order valence-corrected chi connectivity index (χ0v) is 13.4. The summed E-state index contributed by atoms with van der Waals surface area (Å²) in [7, 11) is 0. The molecule has 1 aromatic rings. The molecule has 0 radical (unpaired) electrons. The average molecular weight is 346 g/mol. The van der Waals surface area contributed by atoms with Crippen LogP contribution in [0.4, 0.5) is 13.2 Å². The second-order valence-electron chi connectivity index (χ2n) is 5.33. The van der Waals surface area contributed by atoms with Crippen molar-refractivity contribution in [2.24, 2.45) is 4.99 Å². The van der Waals surface area contributed by atoms with Crippen LogP contribution in [0.3, 0.4) is 0 Å². The van der Waals surface area contributed by atoms with Gasteiger partial charge in [-0.25, -0.2) is 9.98 Å². The Morgan fingerprint density at radius 3 is 2.96 bits per heavy atom. The second-order valence-corrected chi connectivity index (χ2v) is 5.33. The topological polar surface area (TPSA) is 70.0 Å². The van der Waals surface area contributed by atoms with E-state index in [-0.39, 0.29) is 19.3 Å². The first kappa shape index (κ1) is 18.3. The lowest BCUT2D eigenvalue weighted by molar-refractivity contribution is -0.139. The number of nitrogens with one attached hydrogen (secondary N) is 1. The van der Waals surface area contributed by atoms with Crippen LogP contribution in [0.15, 0.2) is 23.3 Å². The van der Waals surface area contributed by atoms with E-state index in [0.717, 1.165) is 6.07 Å². The fourth-order valence-electron chi connectivity index (χ4n) is 2.38. The lowest BCUT2D eigenvalue weighted by Gasteiger charge is -2.21. The van der Waals surface area contributed by atoms with Gasteiger partial charge < -0.3 is 20.1 Å². The van der Waals surface area contributed by atoms with Crippen LogP contribution in [0.5, 0.6) is 5.88 Å². The van der Waals surface area contributed by atoms with Gasteiger partial charge in [0.25, 0.3) is 0 Å². The van der Waals surface area contributed by atoms with Gasteiger partial charge in [0, 0.05) is 25.8 Å². The fraction of sp³-hybridized carbons (Fsp3) is 0.600. The third-order valence-electron chi connectivity index (χ3n) is 3.47. The Hall–Kier alpha value is -2.03. The number of hydrogen-bond donors (Lipinski definition) is 2. The third-order valence-corrected chi connectivity index (χ3v) is 3.47.